The van der Waals surface area contributed by atoms with Crippen LogP contribution in [0.25, 0.3) is 0 Å². The third-order valence-corrected chi connectivity index (χ3v) is 4.32. The molecule has 8 nitrogen and oxygen atoms in total. The molecule has 0 spiro atoms. The van der Waals surface area contributed by atoms with Crippen LogP contribution in [0, 0.1) is 35.5 Å². The molecule has 0 fully saturated rings. The van der Waals surface area contributed by atoms with Gasteiger partial charge in [-0.05, 0) is 37.0 Å². The van der Waals surface area contributed by atoms with E-state index in [2.05, 4.69) is 47.0 Å². The number of phosphoric ester groups is 1. The quantitative estimate of drug-likeness (QED) is 0.127. The maximum absolute atomic E-state index is 12.0. The van der Waals surface area contributed by atoms with Crippen LogP contribution in [0.15, 0.2) is 0 Å². The Morgan fingerprint density at radius 2 is 1.52 bits per heavy atom. The first-order valence-electron chi connectivity index (χ1n) is 10.3. The van der Waals surface area contributed by atoms with Crippen LogP contribution < -0.4 is 0 Å². The van der Waals surface area contributed by atoms with Crippen LogP contribution in [0.4, 0.5) is 0 Å². The highest BCUT2D eigenvalue weighted by Crippen LogP contribution is 2.35. The molecule has 2 N–H and O–H groups in total. The summed E-state index contributed by atoms with van der Waals surface area (Å²) >= 11 is 0. The monoisotopic (exact) mass is 454 g/mol. The molecule has 0 saturated carbocycles. The first-order chi connectivity index (χ1) is 14.8. The number of ether oxygens (including phenoxy) is 2. The second kappa shape index (κ2) is 18.5. The molecule has 172 valence electrons. The average Bonchev–Trinajstić information content (AvgIpc) is 2.71. The lowest BCUT2D eigenvalue weighted by Crippen LogP contribution is -2.29. The smallest absolute Gasteiger partial charge is 0.456 e. The van der Waals surface area contributed by atoms with Gasteiger partial charge in [0.05, 0.1) is 6.61 Å². The van der Waals surface area contributed by atoms with Crippen molar-refractivity contribution < 1.29 is 37.9 Å². The van der Waals surface area contributed by atoms with Gasteiger partial charge in [-0.25, -0.2) is 9.36 Å². The zero-order chi connectivity index (χ0) is 23.4. The van der Waals surface area contributed by atoms with Gasteiger partial charge in [0.1, 0.15) is 6.61 Å². The maximum atomic E-state index is 12.0. The number of hydrogen-bond acceptors (Lipinski definition) is 6. The Hall–Kier alpha value is -2.27. The Kier molecular flexibility index (Phi) is 17.1. The predicted octanol–water partition coefficient (Wildman–Crippen LogP) is 3.11. The van der Waals surface area contributed by atoms with Crippen molar-refractivity contribution in [1.82, 2.24) is 0 Å². The van der Waals surface area contributed by atoms with E-state index in [1.807, 2.05) is 0 Å². The lowest BCUT2D eigenvalue weighted by Gasteiger charge is -2.17. The van der Waals surface area contributed by atoms with E-state index >= 15 is 0 Å². The van der Waals surface area contributed by atoms with Gasteiger partial charge in [-0.15, -0.1) is 0 Å². The molecule has 0 bridgehead atoms. The summed E-state index contributed by atoms with van der Waals surface area (Å²) in [6.07, 6.45) is 7.52. The molecule has 0 aliphatic rings. The van der Waals surface area contributed by atoms with Crippen LogP contribution in [0.5, 0.6) is 0 Å². The zero-order valence-electron chi connectivity index (χ0n) is 18.1. The molecule has 0 heterocycles. The lowest BCUT2D eigenvalue weighted by atomic mass is 10.1. The van der Waals surface area contributed by atoms with Crippen molar-refractivity contribution in [2.75, 3.05) is 13.2 Å². The zero-order valence-corrected chi connectivity index (χ0v) is 19.0. The van der Waals surface area contributed by atoms with Gasteiger partial charge in [0.15, 0.2) is 6.10 Å². The summed E-state index contributed by atoms with van der Waals surface area (Å²) in [4.78, 5) is 41.2. The normalized spacial score (nSPS) is 11.0. The Morgan fingerprint density at radius 3 is 2.13 bits per heavy atom. The summed E-state index contributed by atoms with van der Waals surface area (Å²) in [7, 11) is -4.77. The highest BCUT2D eigenvalue weighted by molar-refractivity contribution is 7.46. The summed E-state index contributed by atoms with van der Waals surface area (Å²) in [6, 6.07) is 0. The van der Waals surface area contributed by atoms with E-state index in [-0.39, 0.29) is 6.42 Å². The Labute approximate surface area is 184 Å². The van der Waals surface area contributed by atoms with Crippen LogP contribution in [-0.4, -0.2) is 41.0 Å². The van der Waals surface area contributed by atoms with E-state index in [4.69, 9.17) is 19.3 Å². The van der Waals surface area contributed by atoms with Crippen molar-refractivity contribution in [3.8, 4) is 35.5 Å². The topological polar surface area (TPSA) is 119 Å². The van der Waals surface area contributed by atoms with E-state index in [0.717, 1.165) is 19.3 Å². The summed E-state index contributed by atoms with van der Waals surface area (Å²) in [5.41, 5.74) is 0. The highest BCUT2D eigenvalue weighted by atomic mass is 31.2. The number of phosphoric acid groups is 1. The van der Waals surface area contributed by atoms with Crippen molar-refractivity contribution >= 4 is 19.8 Å². The van der Waals surface area contributed by atoms with Gasteiger partial charge >= 0.3 is 19.8 Å². The summed E-state index contributed by atoms with van der Waals surface area (Å²) in [5.74, 6) is 12.6. The minimum atomic E-state index is -4.77. The molecule has 0 aromatic rings. The van der Waals surface area contributed by atoms with Gasteiger partial charge in [-0.2, -0.15) is 0 Å². The minimum Gasteiger partial charge on any atom is -0.456 e. The third kappa shape index (κ3) is 20.8. The molecule has 0 aliphatic carbocycles. The molecule has 0 aliphatic heterocycles. The van der Waals surface area contributed by atoms with E-state index in [0.29, 0.717) is 6.42 Å². The van der Waals surface area contributed by atoms with Gasteiger partial charge < -0.3 is 19.3 Å². The number of esters is 2. The van der Waals surface area contributed by atoms with E-state index in [1.54, 1.807) is 6.92 Å². The van der Waals surface area contributed by atoms with Crippen molar-refractivity contribution in [2.45, 2.75) is 77.7 Å². The fraction of sp³-hybridized carbons (Fsp3) is 0.636. The molecule has 0 saturated heterocycles. The van der Waals surface area contributed by atoms with Crippen LogP contribution in [-0.2, 0) is 28.2 Å². The highest BCUT2D eigenvalue weighted by Gasteiger charge is 2.22. The van der Waals surface area contributed by atoms with Crippen LogP contribution in [0.3, 0.4) is 0 Å². The van der Waals surface area contributed by atoms with E-state index in [9.17, 15) is 14.2 Å². The number of hydrogen-bond donors (Lipinski definition) is 2. The molecule has 0 amide bonds. The summed E-state index contributed by atoms with van der Waals surface area (Å²) < 4.78 is 25.2. The molecule has 0 aromatic heterocycles. The minimum absolute atomic E-state index is 0.156. The largest absolute Gasteiger partial charge is 0.469 e. The predicted molar refractivity (Wildman–Crippen MR) is 115 cm³/mol. The number of unbranched alkanes of at least 4 members (excludes halogenated alkanes) is 7. The lowest BCUT2D eigenvalue weighted by molar-refractivity contribution is -0.158. The summed E-state index contributed by atoms with van der Waals surface area (Å²) in [6.45, 7) is 2.68. The van der Waals surface area contributed by atoms with Gasteiger partial charge in [0.25, 0.3) is 0 Å². The maximum Gasteiger partial charge on any atom is 0.469 e. The summed E-state index contributed by atoms with van der Waals surface area (Å²) in [5, 5.41) is 0. The molecule has 0 radical (unpaired) electrons. The van der Waals surface area contributed by atoms with Crippen LogP contribution in [0.2, 0.25) is 0 Å². The molecule has 9 heteroatoms. The molecule has 31 heavy (non-hydrogen) atoms. The number of carbonyl (C=O) groups is 2. The van der Waals surface area contributed by atoms with Crippen molar-refractivity contribution in [2.24, 2.45) is 0 Å². The molecule has 0 aromatic carbocycles. The molecule has 1 atom stereocenters. The fourth-order valence-corrected chi connectivity index (χ4v) is 2.72. The third-order valence-electron chi connectivity index (χ3n) is 3.84. The second-order valence-electron chi connectivity index (χ2n) is 6.60. The molecule has 0 unspecified atom stereocenters. The Bertz CT molecular complexity index is 767. The van der Waals surface area contributed by atoms with Crippen LogP contribution in [0.1, 0.15) is 71.6 Å². The molecular formula is C22H31O8P. The van der Waals surface area contributed by atoms with Gasteiger partial charge in [-0.3, -0.25) is 9.32 Å². The first kappa shape index (κ1) is 28.7. The van der Waals surface area contributed by atoms with Crippen LogP contribution >= 0.6 is 7.82 Å². The standard InChI is InChI=1S/C22H31O8P/c1-3-5-7-9-10-11-13-15-17-22(24)30-20(19-29-31(25,26)27)18-28-21(23)16-14-12-8-6-4-2/h20H,3,5,7,9-11,13,15,17-19H2,1-2H3,(H2,25,26,27)/t20-/m1/s1. The average molecular weight is 454 g/mol. The van der Waals surface area contributed by atoms with Crippen molar-refractivity contribution in [3.05, 3.63) is 0 Å². The van der Waals surface area contributed by atoms with Crippen molar-refractivity contribution in [3.63, 3.8) is 0 Å². The SMILES string of the molecule is CC#CC#CC#CC(=O)OC[C@H](COP(=O)(O)O)OC(=O)CCCCCCCCCC. The second-order valence-corrected chi connectivity index (χ2v) is 7.84. The number of rotatable bonds is 15. The van der Waals surface area contributed by atoms with Gasteiger partial charge in [-0.1, -0.05) is 57.8 Å². The van der Waals surface area contributed by atoms with Crippen molar-refractivity contribution in [1.29, 1.82) is 0 Å². The molecular weight excluding hydrogens is 423 g/mol. The fourth-order valence-electron chi connectivity index (χ4n) is 2.36. The Balaban J connectivity index is 4.41. The van der Waals surface area contributed by atoms with Gasteiger partial charge in [0.2, 0.25) is 0 Å². The molecule has 0 rings (SSSR count). The van der Waals surface area contributed by atoms with E-state index < -0.39 is 39.1 Å². The van der Waals surface area contributed by atoms with E-state index in [1.165, 1.54) is 25.7 Å². The first-order valence-corrected chi connectivity index (χ1v) is 11.8. The number of carbonyl (C=O) groups excluding carboxylic acids is 2. The Morgan fingerprint density at radius 1 is 0.903 bits per heavy atom. The van der Waals surface area contributed by atoms with Gasteiger partial charge in [0, 0.05) is 12.3 Å².